The maximum atomic E-state index is 12.8. The van der Waals surface area contributed by atoms with Gasteiger partial charge in [0.2, 0.25) is 5.91 Å². The van der Waals surface area contributed by atoms with Crippen LogP contribution in [0, 0.1) is 0 Å². The van der Waals surface area contributed by atoms with E-state index in [9.17, 15) is 4.79 Å². The number of hydrogen-bond acceptors (Lipinski definition) is 4. The number of hydrogen-bond donors (Lipinski definition) is 0. The van der Waals surface area contributed by atoms with Gasteiger partial charge in [-0.25, -0.2) is 4.98 Å². The van der Waals surface area contributed by atoms with Crippen LogP contribution in [0.5, 0.6) is 0 Å². The largest absolute Gasteiger partial charge is 0.330 e. The fraction of sp³-hybridized carbons (Fsp3) is 0.294. The summed E-state index contributed by atoms with van der Waals surface area (Å²) in [4.78, 5) is 18.7. The molecule has 122 valence electrons. The van der Waals surface area contributed by atoms with Gasteiger partial charge in [0.05, 0.1) is 19.4 Å². The summed E-state index contributed by atoms with van der Waals surface area (Å²) >= 11 is 0. The van der Waals surface area contributed by atoms with Crippen LogP contribution in [0.15, 0.2) is 49.1 Å². The zero-order valence-electron chi connectivity index (χ0n) is 13.4. The lowest BCUT2D eigenvalue weighted by molar-refractivity contribution is -0.137. The molecule has 0 saturated carbocycles. The van der Waals surface area contributed by atoms with Gasteiger partial charge >= 0.3 is 0 Å². The molecule has 1 aromatic carbocycles. The van der Waals surface area contributed by atoms with Crippen molar-refractivity contribution in [2.24, 2.45) is 0 Å². The Balaban J connectivity index is 1.59. The van der Waals surface area contributed by atoms with E-state index in [1.807, 2.05) is 57.5 Å². The Morgan fingerprint density at radius 1 is 1.17 bits per heavy atom. The highest BCUT2D eigenvalue weighted by Crippen LogP contribution is 2.24. The van der Waals surface area contributed by atoms with Crippen LogP contribution < -0.4 is 0 Å². The monoisotopic (exact) mass is 322 g/mol. The molecule has 1 aliphatic heterocycles. The molecular weight excluding hydrogens is 304 g/mol. The van der Waals surface area contributed by atoms with Crippen molar-refractivity contribution in [1.29, 1.82) is 0 Å². The Bertz CT molecular complexity index is 839. The lowest BCUT2D eigenvalue weighted by Gasteiger charge is -2.32. The molecule has 1 aliphatic rings. The zero-order chi connectivity index (χ0) is 16.5. The highest BCUT2D eigenvalue weighted by molar-refractivity contribution is 5.81. The number of aromatic nitrogens is 5. The first-order chi connectivity index (χ1) is 11.7. The second kappa shape index (κ2) is 5.92. The van der Waals surface area contributed by atoms with Crippen molar-refractivity contribution in [2.75, 3.05) is 0 Å². The second-order valence-electron chi connectivity index (χ2n) is 5.99. The zero-order valence-corrected chi connectivity index (χ0v) is 13.4. The lowest BCUT2D eigenvalue weighted by Crippen LogP contribution is -2.41. The molecule has 3 aromatic rings. The van der Waals surface area contributed by atoms with Crippen molar-refractivity contribution in [3.63, 3.8) is 0 Å². The van der Waals surface area contributed by atoms with Crippen molar-refractivity contribution in [1.82, 2.24) is 29.2 Å². The fourth-order valence-corrected chi connectivity index (χ4v) is 3.13. The highest BCUT2D eigenvalue weighted by Gasteiger charge is 2.33. The van der Waals surface area contributed by atoms with Crippen LogP contribution in [0.25, 0.3) is 0 Å². The molecule has 0 aliphatic carbocycles. The van der Waals surface area contributed by atoms with Gasteiger partial charge in [-0.3, -0.25) is 9.36 Å². The van der Waals surface area contributed by atoms with Gasteiger partial charge in [0.15, 0.2) is 11.6 Å². The maximum Gasteiger partial charge on any atom is 0.246 e. The molecular formula is C17H18N6O. The molecule has 3 heterocycles. The van der Waals surface area contributed by atoms with Gasteiger partial charge in [-0.2, -0.15) is 0 Å². The van der Waals surface area contributed by atoms with Gasteiger partial charge in [0.25, 0.3) is 0 Å². The van der Waals surface area contributed by atoms with Crippen LogP contribution in [-0.2, 0) is 24.4 Å². The minimum atomic E-state index is -0.300. The van der Waals surface area contributed by atoms with Crippen LogP contribution >= 0.6 is 0 Å². The molecule has 0 fully saturated rings. The molecule has 1 atom stereocenters. The quantitative estimate of drug-likeness (QED) is 0.732. The van der Waals surface area contributed by atoms with Crippen LogP contribution in [-0.4, -0.2) is 35.1 Å². The number of imidazole rings is 1. The molecule has 0 unspecified atom stereocenters. The molecule has 7 nitrogen and oxygen atoms in total. The average Bonchev–Trinajstić information content (AvgIpc) is 3.24. The number of fused-ring (bicyclic) bond motifs is 1. The number of benzene rings is 1. The third-order valence-electron chi connectivity index (χ3n) is 4.33. The summed E-state index contributed by atoms with van der Waals surface area (Å²) in [5.74, 6) is 1.70. The molecule has 0 radical (unpaired) electrons. The lowest BCUT2D eigenvalue weighted by atomic mass is 10.1. The van der Waals surface area contributed by atoms with Crippen LogP contribution in [0.3, 0.4) is 0 Å². The Labute approximate surface area is 139 Å². The summed E-state index contributed by atoms with van der Waals surface area (Å²) in [6.45, 7) is 3.54. The summed E-state index contributed by atoms with van der Waals surface area (Å²) in [7, 11) is 0. The molecule has 0 spiro atoms. The number of carbonyl (C=O) groups is 1. The average molecular weight is 322 g/mol. The van der Waals surface area contributed by atoms with Crippen LogP contribution in [0.2, 0.25) is 0 Å². The minimum Gasteiger partial charge on any atom is -0.330 e. The SMILES string of the molecule is C[C@H]1C(=O)N(Cc2ccccc2)Cc2nnc(Cn3ccnc3)n21. The van der Waals surface area contributed by atoms with E-state index >= 15 is 0 Å². The van der Waals surface area contributed by atoms with E-state index in [0.29, 0.717) is 19.6 Å². The topological polar surface area (TPSA) is 68.8 Å². The van der Waals surface area contributed by atoms with E-state index in [4.69, 9.17) is 0 Å². The molecule has 4 rings (SSSR count). The highest BCUT2D eigenvalue weighted by atomic mass is 16.2. The molecule has 1 amide bonds. The maximum absolute atomic E-state index is 12.8. The van der Waals surface area contributed by atoms with E-state index in [0.717, 1.165) is 17.2 Å². The van der Waals surface area contributed by atoms with Gasteiger partial charge in [-0.1, -0.05) is 30.3 Å². The Morgan fingerprint density at radius 2 is 2.00 bits per heavy atom. The third-order valence-corrected chi connectivity index (χ3v) is 4.33. The van der Waals surface area contributed by atoms with Crippen molar-refractivity contribution in [3.05, 3.63) is 66.3 Å². The molecule has 2 aromatic heterocycles. The standard InChI is InChI=1S/C17H18N6O/c1-13-17(24)22(9-14-5-3-2-4-6-14)11-16-20-19-15(23(13)16)10-21-8-7-18-12-21/h2-8,12-13H,9-11H2,1H3/t13-/m0/s1. The van der Waals surface area contributed by atoms with Crippen LogP contribution in [0.1, 0.15) is 30.2 Å². The predicted octanol–water partition coefficient (Wildman–Crippen LogP) is 1.63. The van der Waals surface area contributed by atoms with Gasteiger partial charge in [0.1, 0.15) is 6.04 Å². The summed E-state index contributed by atoms with van der Waals surface area (Å²) in [6.07, 6.45) is 5.33. The van der Waals surface area contributed by atoms with Crippen molar-refractivity contribution < 1.29 is 4.79 Å². The fourth-order valence-electron chi connectivity index (χ4n) is 3.13. The first-order valence-corrected chi connectivity index (χ1v) is 7.93. The molecule has 24 heavy (non-hydrogen) atoms. The first kappa shape index (κ1) is 14.6. The van der Waals surface area contributed by atoms with Gasteiger partial charge in [0, 0.05) is 18.9 Å². The Hall–Kier alpha value is -2.96. The Morgan fingerprint density at radius 3 is 2.75 bits per heavy atom. The molecule has 0 bridgehead atoms. The van der Waals surface area contributed by atoms with Crippen molar-refractivity contribution >= 4 is 5.91 Å². The van der Waals surface area contributed by atoms with E-state index in [-0.39, 0.29) is 11.9 Å². The van der Waals surface area contributed by atoms with E-state index in [2.05, 4.69) is 15.2 Å². The van der Waals surface area contributed by atoms with E-state index < -0.39 is 0 Å². The third kappa shape index (κ3) is 2.58. The molecule has 0 saturated heterocycles. The Kier molecular flexibility index (Phi) is 3.60. The summed E-state index contributed by atoms with van der Waals surface area (Å²) in [5, 5.41) is 8.58. The van der Waals surface area contributed by atoms with Gasteiger partial charge in [-0.15, -0.1) is 10.2 Å². The minimum absolute atomic E-state index is 0.0954. The summed E-state index contributed by atoms with van der Waals surface area (Å²) in [5.41, 5.74) is 1.12. The van der Waals surface area contributed by atoms with Crippen molar-refractivity contribution in [2.45, 2.75) is 32.6 Å². The number of rotatable bonds is 4. The predicted molar refractivity (Wildman–Crippen MR) is 86.8 cm³/mol. The number of nitrogens with zero attached hydrogens (tertiary/aromatic N) is 6. The number of amides is 1. The van der Waals surface area contributed by atoms with Gasteiger partial charge in [-0.05, 0) is 12.5 Å². The van der Waals surface area contributed by atoms with Crippen LogP contribution in [0.4, 0.5) is 0 Å². The summed E-state index contributed by atoms with van der Waals surface area (Å²) < 4.78 is 3.87. The number of carbonyl (C=O) groups excluding carboxylic acids is 1. The first-order valence-electron chi connectivity index (χ1n) is 7.93. The second-order valence-corrected chi connectivity index (χ2v) is 5.99. The molecule has 7 heteroatoms. The van der Waals surface area contributed by atoms with Crippen molar-refractivity contribution in [3.8, 4) is 0 Å². The smallest absolute Gasteiger partial charge is 0.246 e. The normalized spacial score (nSPS) is 17.1. The van der Waals surface area contributed by atoms with E-state index in [1.54, 1.807) is 12.5 Å². The van der Waals surface area contributed by atoms with Gasteiger partial charge < -0.3 is 9.47 Å². The summed E-state index contributed by atoms with van der Waals surface area (Å²) in [6, 6.07) is 9.70. The molecule has 0 N–H and O–H groups in total. The van der Waals surface area contributed by atoms with E-state index in [1.165, 1.54) is 0 Å².